The summed E-state index contributed by atoms with van der Waals surface area (Å²) in [5.41, 5.74) is -0.326. The zero-order valence-corrected chi connectivity index (χ0v) is 10.9. The summed E-state index contributed by atoms with van der Waals surface area (Å²) < 4.78 is 0. The number of carbonyl (C=O) groups is 1. The predicted octanol–water partition coefficient (Wildman–Crippen LogP) is 1.11. The molecule has 0 aliphatic carbocycles. The van der Waals surface area contributed by atoms with Crippen molar-refractivity contribution in [1.82, 2.24) is 10.2 Å². The van der Waals surface area contributed by atoms with Gasteiger partial charge in [0.05, 0.1) is 6.07 Å². The van der Waals surface area contributed by atoms with E-state index in [1.54, 1.807) is 12.1 Å². The highest BCUT2D eigenvalue weighted by atomic mass is 16.3. The number of benzene rings is 1. The van der Waals surface area contributed by atoms with Crippen LogP contribution < -0.4 is 5.32 Å². The molecule has 0 atom stereocenters. The van der Waals surface area contributed by atoms with Crippen molar-refractivity contribution in [2.75, 3.05) is 20.1 Å². The summed E-state index contributed by atoms with van der Waals surface area (Å²) in [6.45, 7) is 1.59. The molecule has 1 aromatic carbocycles. The molecular weight excluding hydrogens is 242 g/mol. The molecule has 19 heavy (non-hydrogen) atoms. The van der Waals surface area contributed by atoms with Gasteiger partial charge in [0.15, 0.2) is 0 Å². The van der Waals surface area contributed by atoms with Crippen LogP contribution in [0, 0.1) is 11.3 Å². The van der Waals surface area contributed by atoms with Crippen molar-refractivity contribution in [2.45, 2.75) is 18.4 Å². The van der Waals surface area contributed by atoms with Gasteiger partial charge >= 0.3 is 0 Å². The summed E-state index contributed by atoms with van der Waals surface area (Å²) in [4.78, 5) is 14.3. The first-order valence-corrected chi connectivity index (χ1v) is 6.26. The van der Waals surface area contributed by atoms with Crippen molar-refractivity contribution >= 4 is 5.91 Å². The van der Waals surface area contributed by atoms with E-state index in [9.17, 15) is 15.2 Å². The highest BCUT2D eigenvalue weighted by molar-refractivity contribution is 5.95. The first kappa shape index (κ1) is 13.4. The molecule has 5 nitrogen and oxygen atoms in total. The average molecular weight is 259 g/mol. The molecule has 0 aromatic heterocycles. The Morgan fingerprint density at radius 1 is 1.37 bits per heavy atom. The van der Waals surface area contributed by atoms with Crippen molar-refractivity contribution in [3.05, 3.63) is 29.8 Å². The molecule has 0 radical (unpaired) electrons. The van der Waals surface area contributed by atoms with E-state index >= 15 is 0 Å². The number of phenolic OH excluding ortho intramolecular Hbond substituents is 1. The topological polar surface area (TPSA) is 76.4 Å². The zero-order chi connectivity index (χ0) is 13.9. The fraction of sp³-hybridized carbons (Fsp3) is 0.429. The lowest BCUT2D eigenvalue weighted by Crippen LogP contribution is -2.53. The number of nitrogens with zero attached hydrogens (tertiary/aromatic N) is 2. The second-order valence-corrected chi connectivity index (χ2v) is 5.00. The van der Waals surface area contributed by atoms with Gasteiger partial charge in [-0.2, -0.15) is 5.26 Å². The molecule has 1 heterocycles. The summed E-state index contributed by atoms with van der Waals surface area (Å²) in [6, 6.07) is 8.26. The van der Waals surface area contributed by atoms with E-state index in [0.717, 1.165) is 13.1 Å². The van der Waals surface area contributed by atoms with Crippen LogP contribution in [-0.4, -0.2) is 41.6 Å². The third kappa shape index (κ3) is 3.04. The van der Waals surface area contributed by atoms with E-state index in [1.165, 1.54) is 12.1 Å². The van der Waals surface area contributed by atoms with Gasteiger partial charge in [0.25, 0.3) is 5.91 Å². The van der Waals surface area contributed by atoms with Gasteiger partial charge in [-0.05, 0) is 44.2 Å². The van der Waals surface area contributed by atoms with Gasteiger partial charge in [0.1, 0.15) is 11.3 Å². The van der Waals surface area contributed by atoms with Crippen molar-refractivity contribution in [1.29, 1.82) is 5.26 Å². The number of nitrogens with one attached hydrogen (secondary N) is 1. The van der Waals surface area contributed by atoms with E-state index in [0.29, 0.717) is 18.4 Å². The molecule has 1 saturated heterocycles. The maximum Gasteiger partial charge on any atom is 0.252 e. The van der Waals surface area contributed by atoms with Gasteiger partial charge in [-0.15, -0.1) is 0 Å². The number of rotatable bonds is 2. The minimum Gasteiger partial charge on any atom is -0.508 e. The van der Waals surface area contributed by atoms with Gasteiger partial charge in [-0.25, -0.2) is 0 Å². The molecule has 1 amide bonds. The summed E-state index contributed by atoms with van der Waals surface area (Å²) >= 11 is 0. The first-order valence-electron chi connectivity index (χ1n) is 6.26. The van der Waals surface area contributed by atoms with Crippen molar-refractivity contribution in [3.63, 3.8) is 0 Å². The lowest BCUT2D eigenvalue weighted by Gasteiger charge is -2.36. The lowest BCUT2D eigenvalue weighted by atomic mass is 9.89. The molecule has 0 saturated carbocycles. The molecule has 1 aliphatic rings. The second-order valence-electron chi connectivity index (χ2n) is 5.00. The molecule has 5 heteroatoms. The van der Waals surface area contributed by atoms with Crippen molar-refractivity contribution in [2.24, 2.45) is 0 Å². The van der Waals surface area contributed by atoms with Gasteiger partial charge in [-0.1, -0.05) is 0 Å². The average Bonchev–Trinajstić information content (AvgIpc) is 2.42. The van der Waals surface area contributed by atoms with Crippen LogP contribution in [-0.2, 0) is 0 Å². The van der Waals surface area contributed by atoms with Crippen molar-refractivity contribution < 1.29 is 9.90 Å². The number of phenols is 1. The number of amides is 1. The minimum atomic E-state index is -0.776. The Labute approximate surface area is 112 Å². The number of hydrogen-bond donors (Lipinski definition) is 2. The Balaban J connectivity index is 2.09. The van der Waals surface area contributed by atoms with Crippen LogP contribution >= 0.6 is 0 Å². The smallest absolute Gasteiger partial charge is 0.252 e. The molecule has 1 fully saturated rings. The van der Waals surface area contributed by atoms with Gasteiger partial charge in [0.2, 0.25) is 0 Å². The molecule has 0 unspecified atom stereocenters. The maximum atomic E-state index is 12.1. The van der Waals surface area contributed by atoms with Gasteiger partial charge < -0.3 is 15.3 Å². The van der Waals surface area contributed by atoms with Crippen LogP contribution in [0.15, 0.2) is 24.3 Å². The highest BCUT2D eigenvalue weighted by Crippen LogP contribution is 2.21. The van der Waals surface area contributed by atoms with Crippen LogP contribution in [0.25, 0.3) is 0 Å². The summed E-state index contributed by atoms with van der Waals surface area (Å²) in [5, 5.41) is 21.4. The van der Waals surface area contributed by atoms with Gasteiger partial charge in [-0.3, -0.25) is 4.79 Å². The molecular formula is C14H17N3O2. The quantitative estimate of drug-likeness (QED) is 0.834. The van der Waals surface area contributed by atoms with E-state index in [2.05, 4.69) is 16.3 Å². The number of carbonyl (C=O) groups excluding carboxylic acids is 1. The molecule has 0 spiro atoms. The Bertz CT molecular complexity index is 496. The molecule has 2 rings (SSSR count). The second kappa shape index (κ2) is 5.29. The van der Waals surface area contributed by atoms with E-state index in [1.807, 2.05) is 7.05 Å². The number of aromatic hydroxyl groups is 1. The minimum absolute atomic E-state index is 0.117. The third-order valence-electron chi connectivity index (χ3n) is 3.54. The van der Waals surface area contributed by atoms with Crippen LogP contribution in [0.4, 0.5) is 0 Å². The van der Waals surface area contributed by atoms with Crippen LogP contribution in [0.2, 0.25) is 0 Å². The fourth-order valence-corrected chi connectivity index (χ4v) is 2.17. The summed E-state index contributed by atoms with van der Waals surface area (Å²) in [6.07, 6.45) is 1.26. The first-order chi connectivity index (χ1) is 9.04. The summed E-state index contributed by atoms with van der Waals surface area (Å²) in [7, 11) is 2.00. The number of likely N-dealkylation sites (tertiary alicyclic amines) is 1. The van der Waals surface area contributed by atoms with Crippen molar-refractivity contribution in [3.8, 4) is 11.8 Å². The predicted molar refractivity (Wildman–Crippen MR) is 70.6 cm³/mol. The Kier molecular flexibility index (Phi) is 3.72. The Morgan fingerprint density at radius 3 is 2.47 bits per heavy atom. The Morgan fingerprint density at radius 2 is 1.95 bits per heavy atom. The number of piperidine rings is 1. The SMILES string of the molecule is CN1CCC(C#N)(NC(=O)c2ccc(O)cc2)CC1. The summed E-state index contributed by atoms with van der Waals surface area (Å²) in [5.74, 6) is -0.156. The van der Waals surface area contributed by atoms with E-state index in [4.69, 9.17) is 0 Å². The Hall–Kier alpha value is -2.06. The van der Waals surface area contributed by atoms with E-state index in [-0.39, 0.29) is 11.7 Å². The van der Waals surface area contributed by atoms with Crippen LogP contribution in [0.3, 0.4) is 0 Å². The van der Waals surface area contributed by atoms with Gasteiger partial charge in [0, 0.05) is 18.7 Å². The molecule has 100 valence electrons. The van der Waals surface area contributed by atoms with Crippen LogP contribution in [0.5, 0.6) is 5.75 Å². The molecule has 0 bridgehead atoms. The standard InChI is InChI=1S/C14H17N3O2/c1-17-8-6-14(10-15,7-9-17)16-13(19)11-2-4-12(18)5-3-11/h2-5,18H,6-9H2,1H3,(H,16,19). The molecule has 1 aliphatic heterocycles. The molecule has 2 N–H and O–H groups in total. The number of nitriles is 1. The van der Waals surface area contributed by atoms with E-state index < -0.39 is 5.54 Å². The maximum absolute atomic E-state index is 12.1. The monoisotopic (exact) mass is 259 g/mol. The molecule has 1 aromatic rings. The lowest BCUT2D eigenvalue weighted by molar-refractivity contribution is 0.0882. The highest BCUT2D eigenvalue weighted by Gasteiger charge is 2.35. The zero-order valence-electron chi connectivity index (χ0n) is 10.9. The third-order valence-corrected chi connectivity index (χ3v) is 3.54. The normalized spacial score (nSPS) is 18.5. The fourth-order valence-electron chi connectivity index (χ4n) is 2.17. The largest absolute Gasteiger partial charge is 0.508 e. The van der Waals surface area contributed by atoms with Crippen LogP contribution in [0.1, 0.15) is 23.2 Å². The number of hydrogen-bond acceptors (Lipinski definition) is 4.